The summed E-state index contributed by atoms with van der Waals surface area (Å²) in [6.45, 7) is 6.67. The number of nitrogens with one attached hydrogen (secondary N) is 1. The van der Waals surface area contributed by atoms with Crippen LogP contribution in [0, 0.1) is 6.57 Å². The van der Waals surface area contributed by atoms with Crippen molar-refractivity contribution in [3.63, 3.8) is 0 Å². The van der Waals surface area contributed by atoms with Crippen molar-refractivity contribution in [2.75, 3.05) is 6.54 Å². The van der Waals surface area contributed by atoms with E-state index < -0.39 is 48.6 Å². The Morgan fingerprint density at radius 2 is 1.87 bits per heavy atom. The van der Waals surface area contributed by atoms with Crippen LogP contribution in [-0.4, -0.2) is 45.2 Å². The van der Waals surface area contributed by atoms with Gasteiger partial charge >= 0.3 is 6.03 Å². The van der Waals surface area contributed by atoms with Crippen molar-refractivity contribution in [3.8, 4) is 11.3 Å². The van der Waals surface area contributed by atoms with Crippen molar-refractivity contribution < 1.29 is 23.2 Å². The zero-order valence-corrected chi connectivity index (χ0v) is 16.8. The highest BCUT2D eigenvalue weighted by molar-refractivity contribution is 6.11. The summed E-state index contributed by atoms with van der Waals surface area (Å²) in [7, 11) is 1.68. The molecule has 1 aliphatic carbocycles. The van der Waals surface area contributed by atoms with Crippen molar-refractivity contribution in [1.29, 1.82) is 0 Å². The summed E-state index contributed by atoms with van der Waals surface area (Å²) in [6, 6.07) is 9.54. The lowest BCUT2D eigenvalue weighted by Gasteiger charge is -2.34. The maximum Gasteiger partial charge on any atom is 0.325 e. The van der Waals surface area contributed by atoms with E-state index in [1.54, 1.807) is 41.9 Å². The zero-order valence-electron chi connectivity index (χ0n) is 16.8. The van der Waals surface area contributed by atoms with Gasteiger partial charge in [-0.25, -0.2) is 18.4 Å². The van der Waals surface area contributed by atoms with Crippen LogP contribution in [0.2, 0.25) is 0 Å². The SMILES string of the molecule is [C-]#[N+]c1cccc(-c2ccc(C(=O)CN3C(=O)NC4(CCC(F)(F)CC4)C3=O)n2C)c1. The van der Waals surface area contributed by atoms with Gasteiger partial charge in [-0.15, -0.1) is 0 Å². The first-order valence-electron chi connectivity index (χ1n) is 9.85. The number of carbonyl (C=O) groups excluding carboxylic acids is 3. The van der Waals surface area contributed by atoms with Crippen LogP contribution in [0.3, 0.4) is 0 Å². The highest BCUT2D eigenvalue weighted by Crippen LogP contribution is 2.41. The van der Waals surface area contributed by atoms with Crippen molar-refractivity contribution in [2.45, 2.75) is 37.1 Å². The summed E-state index contributed by atoms with van der Waals surface area (Å²) in [5, 5.41) is 2.54. The van der Waals surface area contributed by atoms with Gasteiger partial charge in [0, 0.05) is 25.6 Å². The molecule has 1 aliphatic heterocycles. The zero-order chi connectivity index (χ0) is 22.4. The van der Waals surface area contributed by atoms with E-state index in [1.165, 1.54) is 0 Å². The molecule has 1 saturated heterocycles. The largest absolute Gasteiger partial charge is 0.341 e. The highest BCUT2D eigenvalue weighted by atomic mass is 19.3. The number of amides is 3. The number of carbonyl (C=O) groups is 3. The number of nitrogens with zero attached hydrogens (tertiary/aromatic N) is 3. The van der Waals surface area contributed by atoms with Gasteiger partial charge in [-0.05, 0) is 36.6 Å². The Kier molecular flexibility index (Phi) is 4.88. The standard InChI is InChI=1S/C22H20F2N4O3/c1-25-15-5-3-4-14(12-15)16-6-7-17(27(16)2)18(29)13-28-19(30)21(26-20(28)31)8-10-22(23,24)11-9-21/h3-7,12H,8-11,13H2,2H3,(H,26,31). The summed E-state index contributed by atoms with van der Waals surface area (Å²) in [4.78, 5) is 42.4. The molecule has 9 heteroatoms. The molecule has 160 valence electrons. The van der Waals surface area contributed by atoms with Crippen LogP contribution >= 0.6 is 0 Å². The minimum Gasteiger partial charge on any atom is -0.341 e. The van der Waals surface area contributed by atoms with Gasteiger partial charge < -0.3 is 9.88 Å². The second kappa shape index (κ2) is 7.30. The van der Waals surface area contributed by atoms with Gasteiger partial charge in [0.1, 0.15) is 5.54 Å². The molecular formula is C22H20F2N4O3. The molecule has 1 saturated carbocycles. The Labute approximate surface area is 177 Å². The van der Waals surface area contributed by atoms with E-state index in [4.69, 9.17) is 6.57 Å². The van der Waals surface area contributed by atoms with E-state index in [0.29, 0.717) is 17.1 Å². The number of hydrogen-bond acceptors (Lipinski definition) is 3. The minimum absolute atomic E-state index is 0.152. The van der Waals surface area contributed by atoms with E-state index in [1.807, 2.05) is 6.07 Å². The summed E-state index contributed by atoms with van der Waals surface area (Å²) in [5.41, 5.74) is 0.872. The van der Waals surface area contributed by atoms with Crippen LogP contribution < -0.4 is 5.32 Å². The number of benzene rings is 1. The second-order valence-corrected chi connectivity index (χ2v) is 8.01. The van der Waals surface area contributed by atoms with Crippen LogP contribution in [0.1, 0.15) is 36.2 Å². The summed E-state index contributed by atoms with van der Waals surface area (Å²) in [6.07, 6.45) is -1.26. The number of rotatable bonds is 4. The molecule has 1 aromatic heterocycles. The van der Waals surface area contributed by atoms with Gasteiger partial charge in [-0.3, -0.25) is 14.5 Å². The molecule has 3 amide bonds. The molecule has 2 fully saturated rings. The van der Waals surface area contributed by atoms with Crippen LogP contribution in [0.25, 0.3) is 16.1 Å². The first kappa shape index (κ1) is 20.7. The fourth-order valence-corrected chi connectivity index (χ4v) is 4.24. The number of Topliss-reactive ketones (excluding diaryl/α,β-unsaturated/α-hetero) is 1. The fourth-order valence-electron chi connectivity index (χ4n) is 4.24. The van der Waals surface area contributed by atoms with Gasteiger partial charge in [-0.1, -0.05) is 18.2 Å². The van der Waals surface area contributed by atoms with E-state index in [9.17, 15) is 23.2 Å². The minimum atomic E-state index is -2.84. The normalized spacial score (nSPS) is 19.4. The molecule has 0 bridgehead atoms. The molecule has 1 spiro atoms. The number of imide groups is 1. The number of halogens is 2. The maximum absolute atomic E-state index is 13.5. The maximum atomic E-state index is 13.5. The van der Waals surface area contributed by atoms with E-state index in [-0.39, 0.29) is 12.8 Å². The Morgan fingerprint density at radius 3 is 2.55 bits per heavy atom. The molecule has 0 atom stereocenters. The van der Waals surface area contributed by atoms with Gasteiger partial charge in [0.15, 0.2) is 11.5 Å². The molecule has 1 N–H and O–H groups in total. The topological polar surface area (TPSA) is 75.8 Å². The Morgan fingerprint density at radius 1 is 1.16 bits per heavy atom. The van der Waals surface area contributed by atoms with Crippen molar-refractivity contribution in [3.05, 3.63) is 53.5 Å². The Bertz CT molecular complexity index is 1120. The summed E-state index contributed by atoms with van der Waals surface area (Å²) in [5.74, 6) is -3.92. The first-order valence-corrected chi connectivity index (χ1v) is 9.85. The summed E-state index contributed by atoms with van der Waals surface area (Å²) >= 11 is 0. The molecule has 0 unspecified atom stereocenters. The van der Waals surface area contributed by atoms with Gasteiger partial charge in [0.2, 0.25) is 5.92 Å². The number of urea groups is 1. The molecule has 4 rings (SSSR count). The predicted molar refractivity (Wildman–Crippen MR) is 108 cm³/mol. The molecule has 2 aromatic rings. The Hall–Kier alpha value is -3.54. The van der Waals surface area contributed by atoms with Crippen molar-refractivity contribution >= 4 is 23.4 Å². The smallest absolute Gasteiger partial charge is 0.325 e. The number of alkyl halides is 2. The van der Waals surface area contributed by atoms with Crippen LogP contribution in [-0.2, 0) is 11.8 Å². The average molecular weight is 426 g/mol. The highest BCUT2D eigenvalue weighted by Gasteiger charge is 2.55. The lowest BCUT2D eigenvalue weighted by molar-refractivity contribution is -0.135. The van der Waals surface area contributed by atoms with Gasteiger partial charge in [0.25, 0.3) is 5.91 Å². The second-order valence-electron chi connectivity index (χ2n) is 8.01. The molecule has 1 aromatic carbocycles. The van der Waals surface area contributed by atoms with Gasteiger partial charge in [-0.2, -0.15) is 0 Å². The van der Waals surface area contributed by atoms with E-state index >= 15 is 0 Å². The van der Waals surface area contributed by atoms with Crippen LogP contribution in [0.5, 0.6) is 0 Å². The molecule has 0 radical (unpaired) electrons. The van der Waals surface area contributed by atoms with Crippen molar-refractivity contribution in [1.82, 2.24) is 14.8 Å². The van der Waals surface area contributed by atoms with E-state index in [2.05, 4.69) is 10.2 Å². The fraction of sp³-hybridized carbons (Fsp3) is 0.364. The molecule has 2 heterocycles. The Balaban J connectivity index is 1.53. The molecular weight excluding hydrogens is 406 g/mol. The van der Waals surface area contributed by atoms with Crippen LogP contribution in [0.15, 0.2) is 36.4 Å². The third-order valence-electron chi connectivity index (χ3n) is 6.06. The number of hydrogen-bond donors (Lipinski definition) is 1. The number of ketones is 1. The lowest BCUT2D eigenvalue weighted by Crippen LogP contribution is -2.51. The molecule has 31 heavy (non-hydrogen) atoms. The van der Waals surface area contributed by atoms with E-state index in [0.717, 1.165) is 10.5 Å². The predicted octanol–water partition coefficient (Wildman–Crippen LogP) is 3.93. The van der Waals surface area contributed by atoms with Crippen molar-refractivity contribution in [2.24, 2.45) is 7.05 Å². The molecule has 7 nitrogen and oxygen atoms in total. The number of aromatic nitrogens is 1. The third-order valence-corrected chi connectivity index (χ3v) is 6.06. The quantitative estimate of drug-likeness (QED) is 0.457. The van der Waals surface area contributed by atoms with Gasteiger partial charge in [0.05, 0.1) is 18.8 Å². The molecule has 2 aliphatic rings. The third kappa shape index (κ3) is 3.58. The monoisotopic (exact) mass is 426 g/mol. The first-order chi connectivity index (χ1) is 14.7. The lowest BCUT2D eigenvalue weighted by atomic mass is 9.80. The average Bonchev–Trinajstić information content (AvgIpc) is 3.23. The summed E-state index contributed by atoms with van der Waals surface area (Å²) < 4.78 is 28.7. The van der Waals surface area contributed by atoms with Crippen LogP contribution in [0.4, 0.5) is 19.3 Å².